The molecule has 15 heavy (non-hydrogen) atoms. The molecule has 3 heteroatoms. The van der Waals surface area contributed by atoms with Gasteiger partial charge in [0.25, 0.3) is 0 Å². The first-order chi connectivity index (χ1) is 7.22. The quantitative estimate of drug-likeness (QED) is 0.666. The van der Waals surface area contributed by atoms with Crippen LogP contribution in [0.15, 0.2) is 24.3 Å². The van der Waals surface area contributed by atoms with Gasteiger partial charge >= 0.3 is 0 Å². The summed E-state index contributed by atoms with van der Waals surface area (Å²) in [5, 5.41) is 0. The third-order valence-corrected chi connectivity index (χ3v) is 1.98. The van der Waals surface area contributed by atoms with Gasteiger partial charge < -0.3 is 14.4 Å². The molecule has 0 radical (unpaired) electrons. The van der Waals surface area contributed by atoms with Crippen LogP contribution in [-0.4, -0.2) is 39.3 Å². The third-order valence-electron chi connectivity index (χ3n) is 1.98. The molecule has 0 aliphatic rings. The van der Waals surface area contributed by atoms with Crippen LogP contribution in [0.25, 0.3) is 0 Å². The summed E-state index contributed by atoms with van der Waals surface area (Å²) < 4.78 is 10.4. The number of benzene rings is 1. The Balaban J connectivity index is 2.42. The van der Waals surface area contributed by atoms with Crippen molar-refractivity contribution in [2.75, 3.05) is 34.4 Å². The topological polar surface area (TPSA) is 21.7 Å². The van der Waals surface area contributed by atoms with Crippen LogP contribution in [0.1, 0.15) is 5.56 Å². The van der Waals surface area contributed by atoms with E-state index in [1.54, 1.807) is 7.11 Å². The van der Waals surface area contributed by atoms with E-state index in [9.17, 15) is 0 Å². The highest BCUT2D eigenvalue weighted by atomic mass is 16.5. The van der Waals surface area contributed by atoms with E-state index in [-0.39, 0.29) is 0 Å². The first-order valence-electron chi connectivity index (χ1n) is 5.08. The third kappa shape index (κ3) is 4.81. The van der Waals surface area contributed by atoms with Gasteiger partial charge in [-0.1, -0.05) is 12.1 Å². The van der Waals surface area contributed by atoms with Gasteiger partial charge in [-0.05, 0) is 31.8 Å². The van der Waals surface area contributed by atoms with Gasteiger partial charge in [0.15, 0.2) is 0 Å². The van der Waals surface area contributed by atoms with Crippen molar-refractivity contribution in [3.63, 3.8) is 0 Å². The molecule has 0 spiro atoms. The van der Waals surface area contributed by atoms with E-state index in [2.05, 4.69) is 31.1 Å². The highest BCUT2D eigenvalue weighted by molar-refractivity contribution is 5.27. The van der Waals surface area contributed by atoms with Gasteiger partial charge in [0, 0.05) is 13.7 Å². The molecule has 0 fully saturated rings. The zero-order valence-corrected chi connectivity index (χ0v) is 9.69. The fraction of sp³-hybridized carbons (Fsp3) is 0.500. The number of nitrogens with zero attached hydrogens (tertiary/aromatic N) is 1. The SMILES string of the molecule is COCCOc1ccc(CN(C)C)cc1. The maximum atomic E-state index is 5.47. The summed E-state index contributed by atoms with van der Waals surface area (Å²) in [4.78, 5) is 2.14. The average Bonchev–Trinajstić information content (AvgIpc) is 2.20. The van der Waals surface area contributed by atoms with Crippen molar-refractivity contribution in [3.8, 4) is 5.75 Å². The largest absolute Gasteiger partial charge is 0.491 e. The molecule has 1 aromatic rings. The molecule has 0 atom stereocenters. The van der Waals surface area contributed by atoms with Gasteiger partial charge in [0.2, 0.25) is 0 Å². The maximum Gasteiger partial charge on any atom is 0.119 e. The molecule has 0 N–H and O–H groups in total. The van der Waals surface area contributed by atoms with E-state index in [1.165, 1.54) is 5.56 Å². The van der Waals surface area contributed by atoms with Crippen LogP contribution in [0.4, 0.5) is 0 Å². The summed E-state index contributed by atoms with van der Waals surface area (Å²) in [6.07, 6.45) is 0. The van der Waals surface area contributed by atoms with Gasteiger partial charge in [-0.3, -0.25) is 0 Å². The van der Waals surface area contributed by atoms with E-state index >= 15 is 0 Å². The van der Waals surface area contributed by atoms with E-state index in [4.69, 9.17) is 9.47 Å². The number of rotatable bonds is 6. The molecule has 0 bridgehead atoms. The van der Waals surface area contributed by atoms with Crippen LogP contribution >= 0.6 is 0 Å². The van der Waals surface area contributed by atoms with Crippen molar-refractivity contribution < 1.29 is 9.47 Å². The van der Waals surface area contributed by atoms with Gasteiger partial charge in [0.1, 0.15) is 12.4 Å². The lowest BCUT2D eigenvalue weighted by atomic mass is 10.2. The Morgan fingerprint density at radius 1 is 1.07 bits per heavy atom. The summed E-state index contributed by atoms with van der Waals surface area (Å²) in [7, 11) is 5.79. The van der Waals surface area contributed by atoms with E-state index in [1.807, 2.05) is 12.1 Å². The minimum atomic E-state index is 0.601. The molecule has 1 aromatic carbocycles. The smallest absolute Gasteiger partial charge is 0.119 e. The monoisotopic (exact) mass is 209 g/mol. The van der Waals surface area contributed by atoms with E-state index < -0.39 is 0 Å². The van der Waals surface area contributed by atoms with E-state index in [0.29, 0.717) is 13.2 Å². The van der Waals surface area contributed by atoms with Crippen molar-refractivity contribution in [1.82, 2.24) is 4.90 Å². The summed E-state index contributed by atoms with van der Waals surface area (Å²) >= 11 is 0. The normalized spacial score (nSPS) is 10.7. The Morgan fingerprint density at radius 3 is 2.27 bits per heavy atom. The minimum absolute atomic E-state index is 0.601. The second-order valence-corrected chi connectivity index (χ2v) is 3.72. The van der Waals surface area contributed by atoms with Crippen molar-refractivity contribution in [1.29, 1.82) is 0 Å². The lowest BCUT2D eigenvalue weighted by Crippen LogP contribution is -2.10. The average molecular weight is 209 g/mol. The Kier molecular flexibility index (Phi) is 5.15. The molecular formula is C12H19NO2. The molecule has 0 aliphatic heterocycles. The van der Waals surface area contributed by atoms with Crippen LogP contribution < -0.4 is 4.74 Å². The summed E-state index contributed by atoms with van der Waals surface area (Å²) in [5.41, 5.74) is 1.29. The first-order valence-corrected chi connectivity index (χ1v) is 5.08. The predicted octanol–water partition coefficient (Wildman–Crippen LogP) is 1.77. The standard InChI is InChI=1S/C12H19NO2/c1-13(2)10-11-4-6-12(7-5-11)15-9-8-14-3/h4-7H,8-10H2,1-3H3. The molecular weight excluding hydrogens is 190 g/mol. The Hall–Kier alpha value is -1.06. The lowest BCUT2D eigenvalue weighted by Gasteiger charge is -2.10. The van der Waals surface area contributed by atoms with Crippen LogP contribution in [0.3, 0.4) is 0 Å². The fourth-order valence-electron chi connectivity index (χ4n) is 1.30. The van der Waals surface area contributed by atoms with Crippen LogP contribution in [0.2, 0.25) is 0 Å². The second kappa shape index (κ2) is 6.43. The minimum Gasteiger partial charge on any atom is -0.491 e. The molecule has 0 aliphatic carbocycles. The fourth-order valence-corrected chi connectivity index (χ4v) is 1.30. The van der Waals surface area contributed by atoms with Gasteiger partial charge in [-0.2, -0.15) is 0 Å². The zero-order valence-electron chi connectivity index (χ0n) is 9.69. The highest BCUT2D eigenvalue weighted by Gasteiger charge is 1.96. The molecule has 0 saturated heterocycles. The summed E-state index contributed by atoms with van der Waals surface area (Å²) in [6.45, 7) is 2.18. The summed E-state index contributed by atoms with van der Waals surface area (Å²) in [6, 6.07) is 8.16. The van der Waals surface area contributed by atoms with Crippen molar-refractivity contribution in [3.05, 3.63) is 29.8 Å². The Bertz CT molecular complexity index is 269. The molecule has 0 unspecified atom stereocenters. The van der Waals surface area contributed by atoms with Gasteiger partial charge in [-0.25, -0.2) is 0 Å². The van der Waals surface area contributed by atoms with E-state index in [0.717, 1.165) is 12.3 Å². The number of hydrogen-bond acceptors (Lipinski definition) is 3. The van der Waals surface area contributed by atoms with Gasteiger partial charge in [0.05, 0.1) is 6.61 Å². The van der Waals surface area contributed by atoms with Crippen molar-refractivity contribution in [2.24, 2.45) is 0 Å². The first kappa shape index (κ1) is 12.0. The predicted molar refractivity (Wildman–Crippen MR) is 61.2 cm³/mol. The second-order valence-electron chi connectivity index (χ2n) is 3.72. The highest BCUT2D eigenvalue weighted by Crippen LogP contribution is 2.12. The van der Waals surface area contributed by atoms with Crippen LogP contribution in [0.5, 0.6) is 5.75 Å². The lowest BCUT2D eigenvalue weighted by molar-refractivity contribution is 0.146. The molecule has 0 heterocycles. The zero-order chi connectivity index (χ0) is 11.1. The van der Waals surface area contributed by atoms with Crippen LogP contribution in [0, 0.1) is 0 Å². The van der Waals surface area contributed by atoms with Gasteiger partial charge in [-0.15, -0.1) is 0 Å². The number of methoxy groups -OCH3 is 1. The molecule has 84 valence electrons. The van der Waals surface area contributed by atoms with Crippen LogP contribution in [-0.2, 0) is 11.3 Å². The molecule has 1 rings (SSSR count). The Labute approximate surface area is 91.6 Å². The Morgan fingerprint density at radius 2 is 1.73 bits per heavy atom. The number of ether oxygens (including phenoxy) is 2. The van der Waals surface area contributed by atoms with Crippen molar-refractivity contribution >= 4 is 0 Å². The molecule has 0 amide bonds. The maximum absolute atomic E-state index is 5.47. The summed E-state index contributed by atoms with van der Waals surface area (Å²) in [5.74, 6) is 0.898. The molecule has 0 saturated carbocycles. The molecule has 3 nitrogen and oxygen atoms in total. The van der Waals surface area contributed by atoms with Crippen molar-refractivity contribution in [2.45, 2.75) is 6.54 Å². The number of hydrogen-bond donors (Lipinski definition) is 0. The molecule has 0 aromatic heterocycles.